The van der Waals surface area contributed by atoms with Crippen molar-refractivity contribution in [3.8, 4) is 0 Å². The Hall–Kier alpha value is -0.180. The molecular weight excluding hydrogens is 228 g/mol. The molecule has 0 bridgehead atoms. The van der Waals surface area contributed by atoms with E-state index in [-0.39, 0.29) is 5.54 Å². The van der Waals surface area contributed by atoms with Crippen LogP contribution in [0.3, 0.4) is 0 Å². The highest BCUT2D eigenvalue weighted by molar-refractivity contribution is 8.13. The lowest BCUT2D eigenvalue weighted by molar-refractivity contribution is 0.330. The number of thioether (sulfide) groups is 1. The number of hydrogen-bond donors (Lipinski definition) is 1. The summed E-state index contributed by atoms with van der Waals surface area (Å²) in [5, 5.41) is 4.87. The minimum atomic E-state index is 0.280. The van der Waals surface area contributed by atoms with Gasteiger partial charge in [0.25, 0.3) is 0 Å². The van der Waals surface area contributed by atoms with E-state index in [9.17, 15) is 0 Å². The fraction of sp³-hybridized carbons (Fsp3) is 0.929. The summed E-state index contributed by atoms with van der Waals surface area (Å²) >= 11 is 1.92. The lowest BCUT2D eigenvalue weighted by Crippen LogP contribution is -2.48. The molecule has 0 aromatic carbocycles. The molecule has 1 aliphatic heterocycles. The molecule has 3 atom stereocenters. The second-order valence-corrected chi connectivity index (χ2v) is 6.98. The molecule has 1 aliphatic carbocycles. The molecule has 1 saturated carbocycles. The van der Waals surface area contributed by atoms with Crippen LogP contribution in [0.5, 0.6) is 0 Å². The van der Waals surface area contributed by atoms with Crippen molar-refractivity contribution in [2.24, 2.45) is 10.9 Å². The number of nitrogens with zero attached hydrogens (tertiary/aromatic N) is 1. The van der Waals surface area contributed by atoms with Crippen LogP contribution in [0.2, 0.25) is 0 Å². The topological polar surface area (TPSA) is 24.4 Å². The maximum absolute atomic E-state index is 4.99. The maximum Gasteiger partial charge on any atom is 0.157 e. The quantitative estimate of drug-likeness (QED) is 0.810. The van der Waals surface area contributed by atoms with E-state index < -0.39 is 0 Å². The Morgan fingerprint density at radius 2 is 2.18 bits per heavy atom. The number of rotatable bonds is 2. The molecule has 0 amide bonds. The minimum absolute atomic E-state index is 0.280. The zero-order valence-electron chi connectivity index (χ0n) is 11.5. The molecule has 2 fully saturated rings. The first-order valence-electron chi connectivity index (χ1n) is 7.12. The second kappa shape index (κ2) is 5.64. The van der Waals surface area contributed by atoms with Crippen molar-refractivity contribution < 1.29 is 0 Å². The van der Waals surface area contributed by atoms with E-state index in [2.05, 4.69) is 26.1 Å². The van der Waals surface area contributed by atoms with Gasteiger partial charge in [-0.15, -0.1) is 0 Å². The molecule has 1 saturated heterocycles. The first kappa shape index (κ1) is 13.3. The van der Waals surface area contributed by atoms with Gasteiger partial charge in [0.2, 0.25) is 0 Å². The summed E-state index contributed by atoms with van der Waals surface area (Å²) in [5.41, 5.74) is 0.280. The summed E-state index contributed by atoms with van der Waals surface area (Å²) in [7, 11) is 0. The maximum atomic E-state index is 4.99. The Kier molecular flexibility index (Phi) is 4.40. The van der Waals surface area contributed by atoms with Crippen LogP contribution in [0.4, 0.5) is 0 Å². The first-order valence-corrected chi connectivity index (χ1v) is 8.10. The summed E-state index contributed by atoms with van der Waals surface area (Å²) in [4.78, 5) is 4.99. The summed E-state index contributed by atoms with van der Waals surface area (Å²) in [6, 6.07) is 0.568. The number of amidine groups is 1. The fourth-order valence-electron chi connectivity index (χ4n) is 2.70. The highest BCUT2D eigenvalue weighted by Gasteiger charge is 2.29. The Morgan fingerprint density at radius 1 is 1.41 bits per heavy atom. The molecule has 98 valence electrons. The SMILES string of the molecule is CCC1(C)CCSC(=NC2CCCCC2C)N1. The molecule has 2 nitrogen and oxygen atoms in total. The molecule has 0 aromatic heterocycles. The second-order valence-electron chi connectivity index (χ2n) is 5.90. The van der Waals surface area contributed by atoms with Crippen molar-refractivity contribution in [3.05, 3.63) is 0 Å². The third-order valence-electron chi connectivity index (χ3n) is 4.43. The van der Waals surface area contributed by atoms with E-state index in [4.69, 9.17) is 4.99 Å². The molecule has 0 spiro atoms. The van der Waals surface area contributed by atoms with E-state index in [0.717, 1.165) is 5.92 Å². The van der Waals surface area contributed by atoms with Crippen LogP contribution >= 0.6 is 11.8 Å². The summed E-state index contributed by atoms with van der Waals surface area (Å²) in [5.74, 6) is 1.99. The molecule has 1 N–H and O–H groups in total. The molecule has 2 rings (SSSR count). The molecular formula is C14H26N2S. The van der Waals surface area contributed by atoms with Gasteiger partial charge in [0.1, 0.15) is 0 Å². The Balaban J connectivity index is 2.00. The fourth-order valence-corrected chi connectivity index (χ4v) is 3.98. The average Bonchev–Trinajstić information content (AvgIpc) is 2.32. The van der Waals surface area contributed by atoms with Crippen molar-refractivity contribution >= 4 is 16.9 Å². The van der Waals surface area contributed by atoms with E-state index in [1.807, 2.05) is 11.8 Å². The summed E-state index contributed by atoms with van der Waals surface area (Å²) in [6.45, 7) is 6.96. The van der Waals surface area contributed by atoms with Crippen molar-refractivity contribution in [1.82, 2.24) is 5.32 Å². The van der Waals surface area contributed by atoms with Gasteiger partial charge in [-0.2, -0.15) is 0 Å². The largest absolute Gasteiger partial charge is 0.360 e. The van der Waals surface area contributed by atoms with Crippen LogP contribution in [0.25, 0.3) is 0 Å². The molecule has 3 unspecified atom stereocenters. The van der Waals surface area contributed by atoms with Crippen LogP contribution in [-0.4, -0.2) is 22.5 Å². The standard InChI is InChI=1S/C14H26N2S/c1-4-14(3)9-10-17-13(16-14)15-12-8-6-5-7-11(12)2/h11-12H,4-10H2,1-3H3,(H,15,16). The Bertz CT molecular complexity index is 290. The molecule has 1 heterocycles. The van der Waals surface area contributed by atoms with E-state index in [0.29, 0.717) is 6.04 Å². The lowest BCUT2D eigenvalue weighted by atomic mass is 9.86. The smallest absolute Gasteiger partial charge is 0.157 e. The van der Waals surface area contributed by atoms with Crippen LogP contribution in [0.1, 0.15) is 59.3 Å². The van der Waals surface area contributed by atoms with Gasteiger partial charge in [-0.05, 0) is 38.5 Å². The monoisotopic (exact) mass is 254 g/mol. The summed E-state index contributed by atoms with van der Waals surface area (Å²) < 4.78 is 0. The van der Waals surface area contributed by atoms with Crippen LogP contribution in [0.15, 0.2) is 4.99 Å². The van der Waals surface area contributed by atoms with Crippen molar-refractivity contribution in [1.29, 1.82) is 0 Å². The molecule has 17 heavy (non-hydrogen) atoms. The summed E-state index contributed by atoms with van der Waals surface area (Å²) in [6.07, 6.45) is 7.85. The predicted molar refractivity (Wildman–Crippen MR) is 77.8 cm³/mol. The Morgan fingerprint density at radius 3 is 2.88 bits per heavy atom. The van der Waals surface area contributed by atoms with Gasteiger partial charge in [-0.1, -0.05) is 38.5 Å². The van der Waals surface area contributed by atoms with Gasteiger partial charge in [-0.3, -0.25) is 4.99 Å². The highest BCUT2D eigenvalue weighted by atomic mass is 32.2. The molecule has 0 radical (unpaired) electrons. The van der Waals surface area contributed by atoms with Crippen molar-refractivity contribution in [2.45, 2.75) is 70.9 Å². The van der Waals surface area contributed by atoms with Gasteiger partial charge in [-0.25, -0.2) is 0 Å². The third-order valence-corrected chi connectivity index (χ3v) is 5.32. The molecule has 0 aromatic rings. The van der Waals surface area contributed by atoms with Gasteiger partial charge >= 0.3 is 0 Å². The van der Waals surface area contributed by atoms with Crippen LogP contribution in [-0.2, 0) is 0 Å². The first-order chi connectivity index (χ1) is 8.13. The van der Waals surface area contributed by atoms with Crippen LogP contribution in [0, 0.1) is 5.92 Å². The van der Waals surface area contributed by atoms with Gasteiger partial charge in [0, 0.05) is 11.3 Å². The van der Waals surface area contributed by atoms with Gasteiger partial charge < -0.3 is 5.32 Å². The molecule has 3 heteroatoms. The lowest BCUT2D eigenvalue weighted by Gasteiger charge is -2.36. The minimum Gasteiger partial charge on any atom is -0.360 e. The van der Waals surface area contributed by atoms with E-state index in [1.54, 1.807) is 0 Å². The number of hydrogen-bond acceptors (Lipinski definition) is 2. The third kappa shape index (κ3) is 3.40. The number of nitrogens with one attached hydrogen (secondary N) is 1. The Labute approximate surface area is 110 Å². The predicted octanol–water partition coefficient (Wildman–Crippen LogP) is 3.82. The van der Waals surface area contributed by atoms with Crippen LogP contribution < -0.4 is 5.32 Å². The zero-order valence-corrected chi connectivity index (χ0v) is 12.3. The van der Waals surface area contributed by atoms with Gasteiger partial charge in [0.05, 0.1) is 6.04 Å². The zero-order chi connectivity index (χ0) is 12.3. The number of aliphatic imine (C=N–C) groups is 1. The average molecular weight is 254 g/mol. The van der Waals surface area contributed by atoms with E-state index >= 15 is 0 Å². The van der Waals surface area contributed by atoms with E-state index in [1.165, 1.54) is 49.4 Å². The molecule has 2 aliphatic rings. The van der Waals surface area contributed by atoms with Gasteiger partial charge in [0.15, 0.2) is 5.17 Å². The van der Waals surface area contributed by atoms with Crippen molar-refractivity contribution in [2.75, 3.05) is 5.75 Å². The normalized spacial score (nSPS) is 41.2. The highest BCUT2D eigenvalue weighted by Crippen LogP contribution is 2.29. The van der Waals surface area contributed by atoms with Crippen molar-refractivity contribution in [3.63, 3.8) is 0 Å².